The number of hydrogen-bond donors (Lipinski definition) is 1. The number of rotatable bonds is 6. The van der Waals surface area contributed by atoms with Gasteiger partial charge in [-0.2, -0.15) is 4.31 Å². The highest BCUT2D eigenvalue weighted by Gasteiger charge is 2.29. The van der Waals surface area contributed by atoms with Crippen LogP contribution in [-0.4, -0.2) is 47.2 Å². The topological polar surface area (TPSA) is 96.7 Å². The van der Waals surface area contributed by atoms with Gasteiger partial charge in [0.15, 0.2) is 5.78 Å². The van der Waals surface area contributed by atoms with Crippen LogP contribution in [0.4, 0.5) is 0 Å². The second-order valence-electron chi connectivity index (χ2n) is 8.04. The van der Waals surface area contributed by atoms with Gasteiger partial charge in [0.05, 0.1) is 4.90 Å². The van der Waals surface area contributed by atoms with E-state index in [2.05, 4.69) is 0 Å². The first-order valence-electron chi connectivity index (χ1n) is 10.4. The molecule has 1 aromatic heterocycles. The summed E-state index contributed by atoms with van der Waals surface area (Å²) >= 11 is 0. The standard InChI is InChI=1S/C22H26N2O5S/c1-15-21(18-6-2-3-7-19(18)24(15)14-20(25)26)22(27)16-8-10-17(11-9-16)30(28,29)23-12-4-5-13-23/h8-11H,2-7,12-14H2,1H3,(H,25,26). The van der Waals surface area contributed by atoms with Crippen molar-refractivity contribution in [2.75, 3.05) is 13.1 Å². The van der Waals surface area contributed by atoms with E-state index in [9.17, 15) is 23.1 Å². The fourth-order valence-electron chi connectivity index (χ4n) is 4.66. The maximum absolute atomic E-state index is 13.3. The van der Waals surface area contributed by atoms with E-state index in [1.165, 1.54) is 16.4 Å². The number of benzene rings is 1. The highest BCUT2D eigenvalue weighted by Crippen LogP contribution is 2.32. The van der Waals surface area contributed by atoms with Crippen molar-refractivity contribution >= 4 is 21.8 Å². The molecule has 30 heavy (non-hydrogen) atoms. The maximum Gasteiger partial charge on any atom is 0.323 e. The van der Waals surface area contributed by atoms with Gasteiger partial charge in [-0.1, -0.05) is 0 Å². The smallest absolute Gasteiger partial charge is 0.323 e. The lowest BCUT2D eigenvalue weighted by Crippen LogP contribution is -2.27. The SMILES string of the molecule is Cc1c(C(=O)c2ccc(S(=O)(=O)N3CCCC3)cc2)c2c(n1CC(=O)O)CCCC2. The second kappa shape index (κ2) is 8.00. The van der Waals surface area contributed by atoms with Crippen LogP contribution in [0.25, 0.3) is 0 Å². The van der Waals surface area contributed by atoms with Crippen LogP contribution in [0, 0.1) is 6.92 Å². The number of fused-ring (bicyclic) bond motifs is 1. The van der Waals surface area contributed by atoms with E-state index in [0.29, 0.717) is 29.9 Å². The number of aliphatic carboxylic acids is 1. The Bertz CT molecular complexity index is 1090. The van der Waals surface area contributed by atoms with Crippen LogP contribution >= 0.6 is 0 Å². The van der Waals surface area contributed by atoms with E-state index >= 15 is 0 Å². The molecule has 160 valence electrons. The van der Waals surface area contributed by atoms with Gasteiger partial charge in [-0.05, 0) is 75.3 Å². The Morgan fingerprint density at radius 1 is 1.00 bits per heavy atom. The summed E-state index contributed by atoms with van der Waals surface area (Å²) in [6.45, 7) is 2.70. The Hall–Kier alpha value is -2.45. The molecule has 0 spiro atoms. The Morgan fingerprint density at radius 2 is 1.63 bits per heavy atom. The van der Waals surface area contributed by atoms with Crippen LogP contribution < -0.4 is 0 Å². The minimum Gasteiger partial charge on any atom is -0.480 e. The molecule has 0 radical (unpaired) electrons. The zero-order chi connectivity index (χ0) is 21.5. The van der Waals surface area contributed by atoms with Gasteiger partial charge < -0.3 is 9.67 Å². The zero-order valence-electron chi connectivity index (χ0n) is 17.1. The van der Waals surface area contributed by atoms with Crippen molar-refractivity contribution in [1.82, 2.24) is 8.87 Å². The number of ketones is 1. The highest BCUT2D eigenvalue weighted by atomic mass is 32.2. The Balaban J connectivity index is 1.68. The van der Waals surface area contributed by atoms with Crippen molar-refractivity contribution in [3.05, 3.63) is 52.3 Å². The number of carbonyl (C=O) groups excluding carboxylic acids is 1. The van der Waals surface area contributed by atoms with Crippen LogP contribution in [-0.2, 0) is 34.2 Å². The first-order valence-corrected chi connectivity index (χ1v) is 11.8. The minimum atomic E-state index is -3.53. The number of aromatic nitrogens is 1. The number of hydrogen-bond acceptors (Lipinski definition) is 4. The van der Waals surface area contributed by atoms with E-state index in [1.807, 2.05) is 0 Å². The van der Waals surface area contributed by atoms with Crippen LogP contribution in [0.2, 0.25) is 0 Å². The van der Waals surface area contributed by atoms with Crippen LogP contribution in [0.1, 0.15) is 58.6 Å². The lowest BCUT2D eigenvalue weighted by molar-refractivity contribution is -0.137. The summed E-state index contributed by atoms with van der Waals surface area (Å²) in [6, 6.07) is 6.12. The molecule has 0 bridgehead atoms. The molecule has 0 atom stereocenters. The fraction of sp³-hybridized carbons (Fsp3) is 0.455. The van der Waals surface area contributed by atoms with Crippen LogP contribution in [0.3, 0.4) is 0 Å². The predicted octanol–water partition coefficient (Wildman–Crippen LogP) is 2.78. The van der Waals surface area contributed by atoms with Gasteiger partial charge in [0.25, 0.3) is 0 Å². The minimum absolute atomic E-state index is 0.158. The summed E-state index contributed by atoms with van der Waals surface area (Å²) in [6.07, 6.45) is 5.21. The Morgan fingerprint density at radius 3 is 2.27 bits per heavy atom. The highest BCUT2D eigenvalue weighted by molar-refractivity contribution is 7.89. The van der Waals surface area contributed by atoms with Crippen molar-refractivity contribution in [2.24, 2.45) is 0 Å². The molecule has 0 amide bonds. The summed E-state index contributed by atoms with van der Waals surface area (Å²) in [7, 11) is -3.53. The fourth-order valence-corrected chi connectivity index (χ4v) is 6.18. The van der Waals surface area contributed by atoms with Crippen LogP contribution in [0.5, 0.6) is 0 Å². The normalized spacial score (nSPS) is 17.1. The third-order valence-corrected chi connectivity index (χ3v) is 8.09. The Labute approximate surface area is 176 Å². The first-order chi connectivity index (χ1) is 14.3. The molecule has 4 rings (SSSR count). The van der Waals surface area contributed by atoms with E-state index in [4.69, 9.17) is 0 Å². The second-order valence-corrected chi connectivity index (χ2v) is 9.98. The van der Waals surface area contributed by atoms with Gasteiger partial charge in [-0.15, -0.1) is 0 Å². The summed E-state index contributed by atoms with van der Waals surface area (Å²) in [5, 5.41) is 9.29. The summed E-state index contributed by atoms with van der Waals surface area (Å²) in [5.41, 5.74) is 3.54. The van der Waals surface area contributed by atoms with Gasteiger partial charge in [-0.25, -0.2) is 8.42 Å². The van der Waals surface area contributed by atoms with E-state index < -0.39 is 16.0 Å². The van der Waals surface area contributed by atoms with Gasteiger partial charge in [-0.3, -0.25) is 9.59 Å². The number of carboxylic acids is 1. The van der Waals surface area contributed by atoms with E-state index in [0.717, 1.165) is 49.8 Å². The van der Waals surface area contributed by atoms with Gasteiger partial charge in [0.2, 0.25) is 10.0 Å². The quantitative estimate of drug-likeness (QED) is 0.711. The summed E-state index contributed by atoms with van der Waals surface area (Å²) in [4.78, 5) is 24.9. The predicted molar refractivity (Wildman–Crippen MR) is 111 cm³/mol. The van der Waals surface area contributed by atoms with E-state index in [1.54, 1.807) is 23.6 Å². The average molecular weight is 431 g/mol. The third-order valence-electron chi connectivity index (χ3n) is 6.17. The molecule has 0 unspecified atom stereocenters. The molecule has 1 N–H and O–H groups in total. The molecule has 2 aliphatic rings. The molecule has 1 aliphatic carbocycles. The van der Waals surface area contributed by atoms with Crippen molar-refractivity contribution < 1.29 is 23.1 Å². The molecule has 1 aromatic carbocycles. The van der Waals surface area contributed by atoms with Crippen molar-refractivity contribution in [2.45, 2.75) is 56.9 Å². The third kappa shape index (κ3) is 3.58. The van der Waals surface area contributed by atoms with E-state index in [-0.39, 0.29) is 17.2 Å². The van der Waals surface area contributed by atoms with Gasteiger partial charge in [0.1, 0.15) is 6.54 Å². The molecule has 2 aromatic rings. The zero-order valence-corrected chi connectivity index (χ0v) is 17.9. The number of nitrogens with zero attached hydrogens (tertiary/aromatic N) is 2. The van der Waals surface area contributed by atoms with Crippen molar-refractivity contribution in [3.63, 3.8) is 0 Å². The monoisotopic (exact) mass is 430 g/mol. The molecule has 1 fully saturated rings. The molecule has 0 saturated carbocycles. The summed E-state index contributed by atoms with van der Waals surface area (Å²) in [5.74, 6) is -1.11. The maximum atomic E-state index is 13.3. The lowest BCUT2D eigenvalue weighted by atomic mass is 9.91. The largest absolute Gasteiger partial charge is 0.480 e. The van der Waals surface area contributed by atoms with Crippen molar-refractivity contribution in [3.8, 4) is 0 Å². The number of sulfonamides is 1. The Kier molecular flexibility index (Phi) is 5.55. The summed E-state index contributed by atoms with van der Waals surface area (Å²) < 4.78 is 28.7. The number of carbonyl (C=O) groups is 2. The molecule has 1 saturated heterocycles. The average Bonchev–Trinajstić information content (AvgIpc) is 3.36. The lowest BCUT2D eigenvalue weighted by Gasteiger charge is -2.16. The molecular weight excluding hydrogens is 404 g/mol. The van der Waals surface area contributed by atoms with Gasteiger partial charge >= 0.3 is 5.97 Å². The molecule has 1 aliphatic heterocycles. The molecule has 8 heteroatoms. The molecular formula is C22H26N2O5S. The van der Waals surface area contributed by atoms with Gasteiger partial charge in [0, 0.05) is 35.6 Å². The van der Waals surface area contributed by atoms with Crippen molar-refractivity contribution in [1.29, 1.82) is 0 Å². The molecule has 7 nitrogen and oxygen atoms in total. The number of carboxylic acid groups (broad SMARTS) is 1. The molecule has 2 heterocycles. The van der Waals surface area contributed by atoms with Crippen LogP contribution in [0.15, 0.2) is 29.2 Å². The first kappa shape index (κ1) is 20.8.